The highest BCUT2D eigenvalue weighted by atomic mass is 32.2. The summed E-state index contributed by atoms with van der Waals surface area (Å²) in [6.45, 7) is 0.372. The second-order valence-electron chi connectivity index (χ2n) is 10.4. The molecule has 0 radical (unpaired) electrons. The van der Waals surface area contributed by atoms with E-state index in [1.165, 1.54) is 49.5 Å². The van der Waals surface area contributed by atoms with Gasteiger partial charge in [-0.1, -0.05) is 19.1 Å². The number of carbonyl (C=O) groups excluding carboxylic acids is 1. The van der Waals surface area contributed by atoms with Crippen LogP contribution in [-0.2, 0) is 20.8 Å². The molecule has 0 spiro atoms. The van der Waals surface area contributed by atoms with E-state index in [1.807, 2.05) is 0 Å². The SMILES string of the molecule is CCS(=O)(=O)c1ccc([C@H](CO)NC(=O)c2ccc(N3CC(c4ccc(C(F)(F)F)cc4)CC[C@H]3COC(F)(F)F)nc2)nc1. The van der Waals surface area contributed by atoms with Crippen molar-refractivity contribution in [2.75, 3.05) is 30.4 Å². The number of ether oxygens (including phenoxy) is 1. The number of hydrogen-bond donors (Lipinski definition) is 2. The van der Waals surface area contributed by atoms with Gasteiger partial charge in [-0.3, -0.25) is 14.5 Å². The Labute approximate surface area is 255 Å². The monoisotopic (exact) mass is 660 g/mol. The van der Waals surface area contributed by atoms with Crippen molar-refractivity contribution in [2.24, 2.45) is 0 Å². The molecule has 9 nitrogen and oxygen atoms in total. The van der Waals surface area contributed by atoms with E-state index in [4.69, 9.17) is 0 Å². The largest absolute Gasteiger partial charge is 0.522 e. The van der Waals surface area contributed by atoms with E-state index in [0.717, 1.165) is 18.3 Å². The standard InChI is InChI=1S/C29H30F6N4O5S/c1-2-45(42,43)23-10-11-24(36-14-23)25(16-40)38-27(41)19-6-12-26(37-13-19)39-15-20(5-9-22(39)17-44-29(33,34)35)18-3-7-21(8-4-18)28(30,31)32/h3-4,6-8,10-14,20,22,25,40H,2,5,9,15-17H2,1H3,(H,38,41)/t20?,22-,25-/m0/s1. The number of pyridine rings is 2. The first-order valence-corrected chi connectivity index (χ1v) is 15.5. The van der Waals surface area contributed by atoms with Crippen LogP contribution in [-0.4, -0.2) is 67.3 Å². The Morgan fingerprint density at radius 1 is 1.02 bits per heavy atom. The lowest BCUT2D eigenvalue weighted by atomic mass is 9.87. The van der Waals surface area contributed by atoms with Gasteiger partial charge in [0.2, 0.25) is 0 Å². The van der Waals surface area contributed by atoms with Gasteiger partial charge in [-0.05, 0) is 54.8 Å². The Balaban J connectivity index is 1.50. The van der Waals surface area contributed by atoms with Gasteiger partial charge in [0.15, 0.2) is 9.84 Å². The minimum absolute atomic E-state index is 0.00577. The summed E-state index contributed by atoms with van der Waals surface area (Å²) in [4.78, 5) is 22.8. The van der Waals surface area contributed by atoms with E-state index in [1.54, 1.807) is 4.90 Å². The molecular weight excluding hydrogens is 630 g/mol. The lowest BCUT2D eigenvalue weighted by Crippen LogP contribution is -2.46. The summed E-state index contributed by atoms with van der Waals surface area (Å²) >= 11 is 0. The Morgan fingerprint density at radius 3 is 2.27 bits per heavy atom. The smallest absolute Gasteiger partial charge is 0.394 e. The molecule has 3 aromatic rings. The van der Waals surface area contributed by atoms with E-state index in [0.29, 0.717) is 12.0 Å². The van der Waals surface area contributed by atoms with Crippen LogP contribution in [0.2, 0.25) is 0 Å². The van der Waals surface area contributed by atoms with Gasteiger partial charge in [-0.15, -0.1) is 13.2 Å². The molecule has 45 heavy (non-hydrogen) atoms. The Kier molecular flexibility index (Phi) is 10.4. The number of rotatable bonds is 10. The third-order valence-electron chi connectivity index (χ3n) is 7.50. The normalized spacial score (nSPS) is 18.4. The van der Waals surface area contributed by atoms with Crippen LogP contribution in [0.5, 0.6) is 0 Å². The molecule has 1 aliphatic rings. The number of sulfone groups is 1. The number of benzene rings is 1. The maximum Gasteiger partial charge on any atom is 0.522 e. The molecule has 1 unspecified atom stereocenters. The zero-order valence-electron chi connectivity index (χ0n) is 23.8. The van der Waals surface area contributed by atoms with Gasteiger partial charge in [-0.2, -0.15) is 13.2 Å². The molecule has 1 fully saturated rings. The number of anilines is 1. The molecule has 3 atom stereocenters. The summed E-state index contributed by atoms with van der Waals surface area (Å²) in [5.74, 6) is -0.860. The van der Waals surface area contributed by atoms with Crippen LogP contribution in [0.4, 0.5) is 32.2 Å². The van der Waals surface area contributed by atoms with Crippen molar-refractivity contribution >= 4 is 21.6 Å². The quantitative estimate of drug-likeness (QED) is 0.290. The van der Waals surface area contributed by atoms with E-state index in [-0.39, 0.29) is 46.6 Å². The zero-order valence-corrected chi connectivity index (χ0v) is 24.7. The van der Waals surface area contributed by atoms with Crippen LogP contribution in [0, 0.1) is 0 Å². The molecule has 1 aliphatic heterocycles. The van der Waals surface area contributed by atoms with E-state index in [2.05, 4.69) is 20.0 Å². The van der Waals surface area contributed by atoms with Gasteiger partial charge in [0.25, 0.3) is 5.91 Å². The molecule has 1 aromatic carbocycles. The Morgan fingerprint density at radius 2 is 1.73 bits per heavy atom. The van der Waals surface area contributed by atoms with Gasteiger partial charge in [0.1, 0.15) is 5.82 Å². The summed E-state index contributed by atoms with van der Waals surface area (Å²) in [5.41, 5.74) is 0.0390. The fourth-order valence-electron chi connectivity index (χ4n) is 4.98. The van der Waals surface area contributed by atoms with E-state index < -0.39 is 59.1 Å². The summed E-state index contributed by atoms with van der Waals surface area (Å²) in [6.07, 6.45) is -6.41. The number of halogens is 6. The molecule has 4 rings (SSSR count). The molecule has 1 saturated heterocycles. The van der Waals surface area contributed by atoms with Gasteiger partial charge in [0, 0.05) is 24.9 Å². The average Bonchev–Trinajstić information content (AvgIpc) is 3.02. The van der Waals surface area contributed by atoms with Crippen LogP contribution in [0.15, 0.2) is 65.8 Å². The second kappa shape index (κ2) is 13.7. The number of nitrogens with zero attached hydrogens (tertiary/aromatic N) is 3. The predicted molar refractivity (Wildman–Crippen MR) is 150 cm³/mol. The zero-order chi connectivity index (χ0) is 33.0. The number of nitrogens with one attached hydrogen (secondary N) is 1. The van der Waals surface area contributed by atoms with Gasteiger partial charge >= 0.3 is 12.5 Å². The topological polar surface area (TPSA) is 122 Å². The number of carbonyl (C=O) groups is 1. The summed E-state index contributed by atoms with van der Waals surface area (Å²) in [7, 11) is -3.50. The molecule has 1 amide bonds. The molecule has 3 heterocycles. The summed E-state index contributed by atoms with van der Waals surface area (Å²) < 4.78 is 106. The first-order chi connectivity index (χ1) is 21.1. The van der Waals surface area contributed by atoms with Crippen molar-refractivity contribution in [3.8, 4) is 0 Å². The highest BCUT2D eigenvalue weighted by Gasteiger charge is 2.36. The number of aliphatic hydroxyl groups excluding tert-OH is 1. The number of hydrogen-bond acceptors (Lipinski definition) is 8. The van der Waals surface area contributed by atoms with Gasteiger partial charge in [0.05, 0.1) is 52.8 Å². The van der Waals surface area contributed by atoms with Crippen molar-refractivity contribution < 1.29 is 49.4 Å². The van der Waals surface area contributed by atoms with Crippen molar-refractivity contribution in [3.05, 3.63) is 83.3 Å². The molecule has 16 heteroatoms. The number of aromatic nitrogens is 2. The predicted octanol–water partition coefficient (Wildman–Crippen LogP) is 5.04. The van der Waals surface area contributed by atoms with Crippen LogP contribution >= 0.6 is 0 Å². The first kappa shape index (κ1) is 34.1. The molecular formula is C29H30F6N4O5S. The maximum absolute atomic E-state index is 13.0. The van der Waals surface area contributed by atoms with Gasteiger partial charge in [-0.25, -0.2) is 13.4 Å². The third-order valence-corrected chi connectivity index (χ3v) is 9.22. The molecule has 2 aromatic heterocycles. The third kappa shape index (κ3) is 8.70. The lowest BCUT2D eigenvalue weighted by Gasteiger charge is -2.40. The number of aliphatic hydroxyl groups is 1. The molecule has 244 valence electrons. The van der Waals surface area contributed by atoms with Gasteiger partial charge < -0.3 is 15.3 Å². The van der Waals surface area contributed by atoms with Crippen LogP contribution in [0.1, 0.15) is 58.9 Å². The molecule has 2 N–H and O–H groups in total. The summed E-state index contributed by atoms with van der Waals surface area (Å²) in [5, 5.41) is 12.4. The van der Waals surface area contributed by atoms with Crippen LogP contribution < -0.4 is 10.2 Å². The molecule has 0 saturated carbocycles. The summed E-state index contributed by atoms with van der Waals surface area (Å²) in [6, 6.07) is 8.39. The van der Waals surface area contributed by atoms with Crippen molar-refractivity contribution in [1.82, 2.24) is 15.3 Å². The highest BCUT2D eigenvalue weighted by molar-refractivity contribution is 7.91. The number of amides is 1. The van der Waals surface area contributed by atoms with Crippen molar-refractivity contribution in [2.45, 2.75) is 55.2 Å². The lowest BCUT2D eigenvalue weighted by molar-refractivity contribution is -0.326. The Hall–Kier alpha value is -3.76. The maximum atomic E-state index is 13.0. The fraction of sp³-hybridized carbons (Fsp3) is 0.414. The van der Waals surface area contributed by atoms with E-state index in [9.17, 15) is 44.7 Å². The highest BCUT2D eigenvalue weighted by Crippen LogP contribution is 2.36. The molecule has 0 aliphatic carbocycles. The van der Waals surface area contributed by atoms with Crippen molar-refractivity contribution in [1.29, 1.82) is 0 Å². The second-order valence-corrected chi connectivity index (χ2v) is 12.7. The Bertz CT molecular complexity index is 1550. The van der Waals surface area contributed by atoms with E-state index >= 15 is 0 Å². The number of alkyl halides is 6. The first-order valence-electron chi connectivity index (χ1n) is 13.8. The number of piperidine rings is 1. The van der Waals surface area contributed by atoms with Crippen LogP contribution in [0.3, 0.4) is 0 Å². The fourth-order valence-corrected chi connectivity index (χ4v) is 5.80. The minimum atomic E-state index is -4.87. The van der Waals surface area contributed by atoms with Crippen LogP contribution in [0.25, 0.3) is 0 Å². The minimum Gasteiger partial charge on any atom is -0.394 e. The average molecular weight is 661 g/mol. The van der Waals surface area contributed by atoms with Crippen molar-refractivity contribution in [3.63, 3.8) is 0 Å². The molecule has 0 bridgehead atoms.